The van der Waals surface area contributed by atoms with E-state index in [-0.39, 0.29) is 0 Å². The van der Waals surface area contributed by atoms with Crippen LogP contribution in [0.2, 0.25) is 0 Å². The van der Waals surface area contributed by atoms with E-state index in [4.69, 9.17) is 5.73 Å². The van der Waals surface area contributed by atoms with Gasteiger partial charge in [0.2, 0.25) is 0 Å². The second-order valence-electron chi connectivity index (χ2n) is 3.70. The van der Waals surface area contributed by atoms with Gasteiger partial charge < -0.3 is 5.73 Å². The van der Waals surface area contributed by atoms with E-state index in [2.05, 4.69) is 30.7 Å². The van der Waals surface area contributed by atoms with Crippen molar-refractivity contribution in [3.05, 3.63) is 22.4 Å². The Kier molecular flexibility index (Phi) is 4.46. The highest BCUT2D eigenvalue weighted by Gasteiger charge is 2.10. The maximum atomic E-state index is 5.89. The molecule has 13 heavy (non-hydrogen) atoms. The van der Waals surface area contributed by atoms with E-state index in [0.717, 1.165) is 0 Å². The molecule has 0 saturated heterocycles. The predicted octanol–water partition coefficient (Wildman–Crippen LogP) is 3.05. The zero-order chi connectivity index (χ0) is 9.68. The monoisotopic (exact) mass is 197 g/mol. The first-order chi connectivity index (χ1) is 6.24. The minimum atomic E-state index is 0.337. The van der Waals surface area contributed by atoms with Crippen molar-refractivity contribution in [3.8, 4) is 0 Å². The molecule has 0 aliphatic carbocycles. The van der Waals surface area contributed by atoms with E-state index in [0.29, 0.717) is 12.0 Å². The molecule has 1 nitrogen and oxygen atoms in total. The minimum Gasteiger partial charge on any atom is -0.328 e. The molecule has 1 rings (SSSR count). The van der Waals surface area contributed by atoms with Gasteiger partial charge in [0, 0.05) is 6.04 Å². The fourth-order valence-corrected chi connectivity index (χ4v) is 2.33. The van der Waals surface area contributed by atoms with E-state index in [1.807, 2.05) is 0 Å². The first kappa shape index (κ1) is 10.7. The van der Waals surface area contributed by atoms with Crippen molar-refractivity contribution in [2.45, 2.75) is 39.2 Å². The third-order valence-electron chi connectivity index (χ3n) is 2.65. The Labute approximate surface area is 85.0 Å². The molecule has 0 aliphatic heterocycles. The number of hydrogen-bond donors (Lipinski definition) is 1. The van der Waals surface area contributed by atoms with Gasteiger partial charge in [0.15, 0.2) is 0 Å². The Hall–Kier alpha value is -0.340. The fraction of sp³-hybridized carbons (Fsp3) is 0.636. The maximum absolute atomic E-state index is 5.89. The van der Waals surface area contributed by atoms with Crippen LogP contribution in [0.5, 0.6) is 0 Å². The quantitative estimate of drug-likeness (QED) is 0.771. The number of thiophene rings is 1. The third kappa shape index (κ3) is 3.49. The molecule has 0 radical (unpaired) electrons. The highest BCUT2D eigenvalue weighted by atomic mass is 32.1. The molecule has 0 aliphatic rings. The van der Waals surface area contributed by atoms with Crippen LogP contribution in [-0.4, -0.2) is 6.04 Å². The normalized spacial score (nSPS) is 15.6. The molecule has 1 aromatic rings. The van der Waals surface area contributed by atoms with Crippen LogP contribution in [0.1, 0.15) is 32.3 Å². The van der Waals surface area contributed by atoms with Gasteiger partial charge in [-0.25, -0.2) is 0 Å². The number of rotatable bonds is 5. The van der Waals surface area contributed by atoms with Crippen molar-refractivity contribution < 1.29 is 0 Å². The first-order valence-electron chi connectivity index (χ1n) is 5.00. The molecular weight excluding hydrogens is 178 g/mol. The van der Waals surface area contributed by atoms with Crippen molar-refractivity contribution >= 4 is 11.3 Å². The molecule has 2 atom stereocenters. The highest BCUT2D eigenvalue weighted by molar-refractivity contribution is 7.07. The Morgan fingerprint density at radius 1 is 1.54 bits per heavy atom. The zero-order valence-electron chi connectivity index (χ0n) is 8.49. The van der Waals surface area contributed by atoms with Crippen LogP contribution < -0.4 is 5.73 Å². The topological polar surface area (TPSA) is 26.0 Å². The summed E-state index contributed by atoms with van der Waals surface area (Å²) < 4.78 is 0. The van der Waals surface area contributed by atoms with Crippen LogP contribution in [-0.2, 0) is 6.42 Å². The summed E-state index contributed by atoms with van der Waals surface area (Å²) in [6.07, 6.45) is 3.61. The van der Waals surface area contributed by atoms with Gasteiger partial charge in [-0.3, -0.25) is 0 Å². The number of aryl methyl sites for hydroxylation is 1. The SMILES string of the molecule is CCC(CCc1ccsc1)C(C)N. The standard InChI is InChI=1S/C11H19NS/c1-3-11(9(2)12)5-4-10-6-7-13-8-10/h6-9,11H,3-5,12H2,1-2H3. The van der Waals surface area contributed by atoms with Gasteiger partial charge in [0.25, 0.3) is 0 Å². The minimum absolute atomic E-state index is 0.337. The zero-order valence-corrected chi connectivity index (χ0v) is 9.31. The summed E-state index contributed by atoms with van der Waals surface area (Å²) in [5.74, 6) is 0.680. The lowest BCUT2D eigenvalue weighted by Gasteiger charge is -2.18. The average Bonchev–Trinajstić information content (AvgIpc) is 2.57. The lowest BCUT2D eigenvalue weighted by molar-refractivity contribution is 0.402. The molecule has 2 N–H and O–H groups in total. The van der Waals surface area contributed by atoms with Crippen LogP contribution in [0.4, 0.5) is 0 Å². The van der Waals surface area contributed by atoms with E-state index in [9.17, 15) is 0 Å². The largest absolute Gasteiger partial charge is 0.328 e. The van der Waals surface area contributed by atoms with Gasteiger partial charge in [0.1, 0.15) is 0 Å². The molecule has 2 unspecified atom stereocenters. The van der Waals surface area contributed by atoms with Crippen LogP contribution in [0.3, 0.4) is 0 Å². The van der Waals surface area contributed by atoms with Crippen molar-refractivity contribution in [2.75, 3.05) is 0 Å². The van der Waals surface area contributed by atoms with Crippen molar-refractivity contribution in [1.82, 2.24) is 0 Å². The summed E-state index contributed by atoms with van der Waals surface area (Å²) in [7, 11) is 0. The van der Waals surface area contributed by atoms with E-state index in [1.165, 1.54) is 24.8 Å². The Morgan fingerprint density at radius 3 is 2.77 bits per heavy atom. The molecule has 0 spiro atoms. The molecular formula is C11H19NS. The second kappa shape index (κ2) is 5.40. The van der Waals surface area contributed by atoms with Gasteiger partial charge in [0.05, 0.1) is 0 Å². The average molecular weight is 197 g/mol. The van der Waals surface area contributed by atoms with Crippen LogP contribution in [0, 0.1) is 5.92 Å². The van der Waals surface area contributed by atoms with Crippen molar-refractivity contribution in [2.24, 2.45) is 11.7 Å². The van der Waals surface area contributed by atoms with E-state index < -0.39 is 0 Å². The van der Waals surface area contributed by atoms with Crippen LogP contribution in [0.15, 0.2) is 16.8 Å². The fourth-order valence-electron chi connectivity index (χ4n) is 1.63. The summed E-state index contributed by atoms with van der Waals surface area (Å²) in [6.45, 7) is 4.34. The Bertz CT molecular complexity index is 216. The third-order valence-corrected chi connectivity index (χ3v) is 3.38. The van der Waals surface area contributed by atoms with Gasteiger partial charge in [-0.15, -0.1) is 0 Å². The number of nitrogens with two attached hydrogens (primary N) is 1. The molecule has 0 amide bonds. The highest BCUT2D eigenvalue weighted by Crippen LogP contribution is 2.17. The molecule has 1 heterocycles. The summed E-state index contributed by atoms with van der Waals surface area (Å²) >= 11 is 1.78. The summed E-state index contributed by atoms with van der Waals surface area (Å²) in [5.41, 5.74) is 7.35. The smallest absolute Gasteiger partial charge is 0.00387 e. The van der Waals surface area contributed by atoms with Gasteiger partial charge in [-0.2, -0.15) is 11.3 Å². The summed E-state index contributed by atoms with van der Waals surface area (Å²) in [5, 5.41) is 4.37. The van der Waals surface area contributed by atoms with E-state index in [1.54, 1.807) is 11.3 Å². The Balaban J connectivity index is 2.32. The molecule has 2 heteroatoms. The van der Waals surface area contributed by atoms with E-state index >= 15 is 0 Å². The lowest BCUT2D eigenvalue weighted by atomic mass is 9.92. The molecule has 0 fully saturated rings. The van der Waals surface area contributed by atoms with Crippen molar-refractivity contribution in [1.29, 1.82) is 0 Å². The van der Waals surface area contributed by atoms with Gasteiger partial charge in [-0.1, -0.05) is 13.3 Å². The maximum Gasteiger partial charge on any atom is 0.00387 e. The second-order valence-corrected chi connectivity index (χ2v) is 4.48. The van der Waals surface area contributed by atoms with Gasteiger partial charge in [-0.05, 0) is 48.1 Å². The first-order valence-corrected chi connectivity index (χ1v) is 5.95. The molecule has 0 aromatic carbocycles. The molecule has 74 valence electrons. The number of hydrogen-bond acceptors (Lipinski definition) is 2. The van der Waals surface area contributed by atoms with Crippen LogP contribution in [0.25, 0.3) is 0 Å². The molecule has 0 bridgehead atoms. The summed E-state index contributed by atoms with van der Waals surface area (Å²) in [6, 6.07) is 2.54. The predicted molar refractivity (Wildman–Crippen MR) is 60.1 cm³/mol. The Morgan fingerprint density at radius 2 is 2.31 bits per heavy atom. The summed E-state index contributed by atoms with van der Waals surface area (Å²) in [4.78, 5) is 0. The molecule has 1 aromatic heterocycles. The van der Waals surface area contributed by atoms with Crippen molar-refractivity contribution in [3.63, 3.8) is 0 Å². The molecule has 0 saturated carbocycles. The van der Waals surface area contributed by atoms with Crippen LogP contribution >= 0.6 is 11.3 Å². The lowest BCUT2D eigenvalue weighted by Crippen LogP contribution is -2.26. The van der Waals surface area contributed by atoms with Gasteiger partial charge >= 0.3 is 0 Å².